The monoisotopic (exact) mass is 355 g/mol. The summed E-state index contributed by atoms with van der Waals surface area (Å²) in [6, 6.07) is 6.59. The molecule has 8 heteroatoms. The van der Waals surface area contributed by atoms with E-state index < -0.39 is 21.7 Å². The average Bonchev–Trinajstić information content (AvgIpc) is 2.48. The van der Waals surface area contributed by atoms with Crippen molar-refractivity contribution in [3.8, 4) is 5.75 Å². The van der Waals surface area contributed by atoms with Gasteiger partial charge in [-0.3, -0.25) is 9.52 Å². The van der Waals surface area contributed by atoms with Gasteiger partial charge in [-0.2, -0.15) is 0 Å². The number of sulfonamides is 1. The van der Waals surface area contributed by atoms with E-state index in [0.717, 1.165) is 19.4 Å². The molecule has 1 saturated heterocycles. The van der Waals surface area contributed by atoms with Crippen LogP contribution in [0, 0.1) is 0 Å². The molecule has 1 aliphatic rings. The number of piperidine rings is 1. The van der Waals surface area contributed by atoms with Gasteiger partial charge in [-0.25, -0.2) is 8.42 Å². The van der Waals surface area contributed by atoms with E-state index in [1.165, 1.54) is 0 Å². The van der Waals surface area contributed by atoms with E-state index in [4.69, 9.17) is 4.74 Å². The highest BCUT2D eigenvalue weighted by Crippen LogP contribution is 2.17. The molecule has 0 bridgehead atoms. The minimum absolute atomic E-state index is 0.00563. The normalized spacial score (nSPS) is 18.2. The SMILES string of the molecule is CC(C)Oc1ccc(NS(=O)(=O)CC(=O)N[C@H]2CCCNC2)cc1. The van der Waals surface area contributed by atoms with Crippen LogP contribution >= 0.6 is 0 Å². The Balaban J connectivity index is 1.86. The van der Waals surface area contributed by atoms with Gasteiger partial charge in [0.25, 0.3) is 0 Å². The van der Waals surface area contributed by atoms with E-state index in [-0.39, 0.29) is 12.1 Å². The van der Waals surface area contributed by atoms with Crippen LogP contribution in [0.3, 0.4) is 0 Å². The third kappa shape index (κ3) is 6.37. The van der Waals surface area contributed by atoms with Crippen LogP contribution in [0.5, 0.6) is 5.75 Å². The van der Waals surface area contributed by atoms with Crippen LogP contribution in [0.2, 0.25) is 0 Å². The lowest BCUT2D eigenvalue weighted by atomic mass is 10.1. The van der Waals surface area contributed by atoms with Crippen molar-refractivity contribution in [2.75, 3.05) is 23.6 Å². The molecule has 1 atom stereocenters. The van der Waals surface area contributed by atoms with Gasteiger partial charge < -0.3 is 15.4 Å². The van der Waals surface area contributed by atoms with Gasteiger partial charge in [-0.05, 0) is 57.5 Å². The molecule has 3 N–H and O–H groups in total. The Kier molecular flexibility index (Phi) is 6.44. The zero-order chi connectivity index (χ0) is 17.6. The molecule has 0 aliphatic carbocycles. The number of nitrogens with one attached hydrogen (secondary N) is 3. The lowest BCUT2D eigenvalue weighted by Gasteiger charge is -2.23. The van der Waals surface area contributed by atoms with E-state index in [1.807, 2.05) is 13.8 Å². The van der Waals surface area contributed by atoms with E-state index in [0.29, 0.717) is 18.0 Å². The van der Waals surface area contributed by atoms with Gasteiger partial charge in [-0.1, -0.05) is 0 Å². The summed E-state index contributed by atoms with van der Waals surface area (Å²) in [4.78, 5) is 11.9. The highest BCUT2D eigenvalue weighted by molar-refractivity contribution is 7.93. The van der Waals surface area contributed by atoms with Gasteiger partial charge in [0, 0.05) is 18.3 Å². The molecular weight excluding hydrogens is 330 g/mol. The second kappa shape index (κ2) is 8.34. The number of carbonyl (C=O) groups excluding carboxylic acids is 1. The first-order valence-corrected chi connectivity index (χ1v) is 9.76. The zero-order valence-corrected chi connectivity index (χ0v) is 14.9. The minimum Gasteiger partial charge on any atom is -0.491 e. The average molecular weight is 355 g/mol. The Morgan fingerprint density at radius 2 is 2.04 bits per heavy atom. The third-order valence-electron chi connectivity index (χ3n) is 3.48. The van der Waals surface area contributed by atoms with Crippen LogP contribution in [-0.4, -0.2) is 45.3 Å². The molecule has 1 aromatic carbocycles. The number of ether oxygens (including phenoxy) is 1. The molecule has 7 nitrogen and oxygen atoms in total. The molecule has 0 unspecified atom stereocenters. The first-order valence-electron chi connectivity index (χ1n) is 8.11. The number of benzene rings is 1. The molecule has 0 aromatic heterocycles. The molecular formula is C16H25N3O4S. The van der Waals surface area contributed by atoms with Crippen molar-refractivity contribution in [2.24, 2.45) is 0 Å². The molecule has 1 aromatic rings. The third-order valence-corrected chi connectivity index (χ3v) is 4.67. The number of carbonyl (C=O) groups is 1. The molecule has 1 fully saturated rings. The van der Waals surface area contributed by atoms with Gasteiger partial charge in [0.05, 0.1) is 6.10 Å². The van der Waals surface area contributed by atoms with E-state index in [9.17, 15) is 13.2 Å². The lowest BCUT2D eigenvalue weighted by molar-refractivity contribution is -0.119. The van der Waals surface area contributed by atoms with Crippen molar-refractivity contribution < 1.29 is 17.9 Å². The van der Waals surface area contributed by atoms with Gasteiger partial charge >= 0.3 is 0 Å². The Morgan fingerprint density at radius 1 is 1.33 bits per heavy atom. The fourth-order valence-corrected chi connectivity index (χ4v) is 3.50. The van der Waals surface area contributed by atoms with Gasteiger partial charge in [0.15, 0.2) is 0 Å². The van der Waals surface area contributed by atoms with E-state index in [2.05, 4.69) is 15.4 Å². The van der Waals surface area contributed by atoms with Crippen LogP contribution in [0.1, 0.15) is 26.7 Å². The van der Waals surface area contributed by atoms with Crippen LogP contribution < -0.4 is 20.1 Å². The fraction of sp³-hybridized carbons (Fsp3) is 0.562. The summed E-state index contributed by atoms with van der Waals surface area (Å²) in [5, 5.41) is 5.92. The Morgan fingerprint density at radius 3 is 2.62 bits per heavy atom. The van der Waals surface area contributed by atoms with Crippen molar-refractivity contribution >= 4 is 21.6 Å². The Bertz CT molecular complexity index is 638. The predicted molar refractivity (Wildman–Crippen MR) is 93.6 cm³/mol. The van der Waals surface area contributed by atoms with E-state index in [1.54, 1.807) is 24.3 Å². The highest BCUT2D eigenvalue weighted by Gasteiger charge is 2.20. The van der Waals surface area contributed by atoms with Crippen LogP contribution in [0.4, 0.5) is 5.69 Å². The van der Waals surface area contributed by atoms with Crippen molar-refractivity contribution in [1.29, 1.82) is 0 Å². The largest absolute Gasteiger partial charge is 0.491 e. The molecule has 134 valence electrons. The smallest absolute Gasteiger partial charge is 0.241 e. The van der Waals surface area contributed by atoms with Crippen molar-refractivity contribution in [1.82, 2.24) is 10.6 Å². The second-order valence-electron chi connectivity index (χ2n) is 6.16. The van der Waals surface area contributed by atoms with E-state index >= 15 is 0 Å². The zero-order valence-electron chi connectivity index (χ0n) is 14.0. The topological polar surface area (TPSA) is 96.5 Å². The van der Waals surface area contributed by atoms with Gasteiger partial charge in [0.2, 0.25) is 15.9 Å². The Labute approximate surface area is 143 Å². The molecule has 0 radical (unpaired) electrons. The number of anilines is 1. The van der Waals surface area contributed by atoms with Gasteiger partial charge in [0.1, 0.15) is 11.5 Å². The maximum atomic E-state index is 12.1. The fourth-order valence-electron chi connectivity index (χ4n) is 2.51. The molecule has 0 spiro atoms. The summed E-state index contributed by atoms with van der Waals surface area (Å²) in [6.45, 7) is 5.44. The van der Waals surface area contributed by atoms with Crippen molar-refractivity contribution in [3.05, 3.63) is 24.3 Å². The molecule has 24 heavy (non-hydrogen) atoms. The number of hydrogen-bond acceptors (Lipinski definition) is 5. The van der Waals surface area contributed by atoms with Crippen LogP contribution in [0.15, 0.2) is 24.3 Å². The number of hydrogen-bond donors (Lipinski definition) is 3. The summed E-state index contributed by atoms with van der Waals surface area (Å²) < 4.78 is 32.1. The molecule has 1 aliphatic heterocycles. The summed E-state index contributed by atoms with van der Waals surface area (Å²) in [7, 11) is -3.74. The van der Waals surface area contributed by atoms with Crippen molar-refractivity contribution in [3.63, 3.8) is 0 Å². The molecule has 0 saturated carbocycles. The van der Waals surface area contributed by atoms with Crippen LogP contribution in [-0.2, 0) is 14.8 Å². The maximum absolute atomic E-state index is 12.1. The number of rotatable bonds is 7. The first-order chi connectivity index (χ1) is 11.3. The summed E-state index contributed by atoms with van der Waals surface area (Å²) in [5.41, 5.74) is 0.401. The highest BCUT2D eigenvalue weighted by atomic mass is 32.2. The van der Waals surface area contributed by atoms with Crippen LogP contribution in [0.25, 0.3) is 0 Å². The second-order valence-corrected chi connectivity index (χ2v) is 7.89. The lowest BCUT2D eigenvalue weighted by Crippen LogP contribution is -2.47. The standard InChI is InChI=1S/C16H25N3O4S/c1-12(2)23-15-7-5-13(6-8-15)19-24(21,22)11-16(20)18-14-4-3-9-17-10-14/h5-8,12,14,17,19H,3-4,9-11H2,1-2H3,(H,18,20)/t14-/m0/s1. The summed E-state index contributed by atoms with van der Waals surface area (Å²) in [6.07, 6.45) is 1.88. The van der Waals surface area contributed by atoms with Gasteiger partial charge in [-0.15, -0.1) is 0 Å². The first kappa shape index (κ1) is 18.5. The minimum atomic E-state index is -3.74. The quantitative estimate of drug-likeness (QED) is 0.680. The van der Waals surface area contributed by atoms with Crippen molar-refractivity contribution in [2.45, 2.75) is 38.8 Å². The molecule has 2 rings (SSSR count). The number of amides is 1. The molecule has 1 heterocycles. The Hall–Kier alpha value is -1.80. The summed E-state index contributed by atoms with van der Waals surface area (Å²) >= 11 is 0. The predicted octanol–water partition coefficient (Wildman–Crippen LogP) is 1.08. The maximum Gasteiger partial charge on any atom is 0.241 e. The molecule has 1 amide bonds. The summed E-state index contributed by atoms with van der Waals surface area (Å²) in [5.74, 6) is -0.417.